The Balaban J connectivity index is 2.50. The van der Waals surface area contributed by atoms with Crippen LogP contribution in [0.3, 0.4) is 0 Å². The van der Waals surface area contributed by atoms with Crippen LogP contribution in [0.4, 0.5) is 0 Å². The van der Waals surface area contributed by atoms with Gasteiger partial charge in [-0.15, -0.1) is 0 Å². The van der Waals surface area contributed by atoms with E-state index in [2.05, 4.69) is 15.9 Å². The smallest absolute Gasteiger partial charge is 0.151 e. The van der Waals surface area contributed by atoms with E-state index in [0.29, 0.717) is 5.92 Å². The lowest BCUT2D eigenvalue weighted by Gasteiger charge is -2.03. The fourth-order valence-corrected chi connectivity index (χ4v) is 1.90. The lowest BCUT2D eigenvalue weighted by Crippen LogP contribution is -1.90. The maximum atomic E-state index is 10.8. The van der Waals surface area contributed by atoms with Gasteiger partial charge in [-0.2, -0.15) is 0 Å². The molecule has 0 N–H and O–H groups in total. The molecule has 1 aromatic carbocycles. The van der Waals surface area contributed by atoms with Gasteiger partial charge in [0.15, 0.2) is 6.29 Å². The number of rotatable bonds is 2. The lowest BCUT2D eigenvalue weighted by molar-refractivity contribution is 0.112. The highest BCUT2D eigenvalue weighted by molar-refractivity contribution is 9.10. The van der Waals surface area contributed by atoms with E-state index in [1.54, 1.807) is 0 Å². The number of carbonyl (C=O) groups is 1. The molecule has 1 nitrogen and oxygen atoms in total. The number of hydrogen-bond donors (Lipinski definition) is 0. The highest BCUT2D eigenvalue weighted by atomic mass is 79.9. The van der Waals surface area contributed by atoms with Crippen LogP contribution in [0.15, 0.2) is 22.7 Å². The molecule has 0 amide bonds. The minimum Gasteiger partial charge on any atom is -0.298 e. The zero-order chi connectivity index (χ0) is 8.55. The molecule has 0 aromatic heterocycles. The minimum absolute atomic E-state index is 0.641. The average molecular weight is 225 g/mol. The van der Waals surface area contributed by atoms with E-state index in [4.69, 9.17) is 0 Å². The van der Waals surface area contributed by atoms with Crippen LogP contribution in [-0.4, -0.2) is 6.29 Å². The fourth-order valence-electron chi connectivity index (χ4n) is 1.43. The largest absolute Gasteiger partial charge is 0.298 e. The summed E-state index contributed by atoms with van der Waals surface area (Å²) in [6, 6.07) is 5.95. The van der Waals surface area contributed by atoms with Crippen molar-refractivity contribution in [2.24, 2.45) is 0 Å². The molecule has 0 atom stereocenters. The van der Waals surface area contributed by atoms with Gasteiger partial charge in [0, 0.05) is 10.0 Å². The van der Waals surface area contributed by atoms with Crippen molar-refractivity contribution in [1.29, 1.82) is 0 Å². The average Bonchev–Trinajstić information content (AvgIpc) is 2.86. The zero-order valence-electron chi connectivity index (χ0n) is 6.59. The number of carbonyl (C=O) groups excluding carboxylic acids is 1. The van der Waals surface area contributed by atoms with Crippen molar-refractivity contribution in [3.05, 3.63) is 33.8 Å². The Labute approximate surface area is 79.9 Å². The summed E-state index contributed by atoms with van der Waals surface area (Å²) < 4.78 is 0.918. The Bertz CT molecular complexity index is 316. The van der Waals surface area contributed by atoms with E-state index in [1.165, 1.54) is 18.4 Å². The number of halogens is 1. The third-order valence-corrected chi connectivity index (χ3v) is 2.91. The van der Waals surface area contributed by atoms with Crippen molar-refractivity contribution < 1.29 is 4.79 Å². The van der Waals surface area contributed by atoms with Crippen LogP contribution < -0.4 is 0 Å². The van der Waals surface area contributed by atoms with Gasteiger partial charge in [0.25, 0.3) is 0 Å². The van der Waals surface area contributed by atoms with Crippen LogP contribution in [0.2, 0.25) is 0 Å². The molecule has 1 saturated carbocycles. The number of benzene rings is 1. The first-order valence-electron chi connectivity index (χ1n) is 4.06. The van der Waals surface area contributed by atoms with Gasteiger partial charge in [0.2, 0.25) is 0 Å². The fraction of sp³-hybridized carbons (Fsp3) is 0.300. The Kier molecular flexibility index (Phi) is 2.01. The Morgan fingerprint density at radius 2 is 2.17 bits per heavy atom. The first-order chi connectivity index (χ1) is 5.83. The van der Waals surface area contributed by atoms with Crippen LogP contribution >= 0.6 is 15.9 Å². The summed E-state index contributed by atoms with van der Waals surface area (Å²) in [5.74, 6) is 0.641. The molecule has 1 aliphatic rings. The zero-order valence-corrected chi connectivity index (χ0v) is 8.17. The predicted octanol–water partition coefficient (Wildman–Crippen LogP) is 3.14. The van der Waals surface area contributed by atoms with Crippen molar-refractivity contribution in [3.8, 4) is 0 Å². The second kappa shape index (κ2) is 3.02. The summed E-state index contributed by atoms with van der Waals surface area (Å²) in [5, 5.41) is 0. The van der Waals surface area contributed by atoms with Crippen molar-refractivity contribution >= 4 is 22.2 Å². The molecule has 1 aliphatic carbocycles. The van der Waals surface area contributed by atoms with E-state index in [0.717, 1.165) is 16.3 Å². The molecule has 0 spiro atoms. The van der Waals surface area contributed by atoms with Crippen molar-refractivity contribution in [2.45, 2.75) is 18.8 Å². The molecule has 12 heavy (non-hydrogen) atoms. The molecule has 1 fully saturated rings. The molecule has 0 unspecified atom stereocenters. The number of hydrogen-bond acceptors (Lipinski definition) is 1. The Morgan fingerprint density at radius 3 is 2.75 bits per heavy atom. The number of aldehydes is 1. The van der Waals surface area contributed by atoms with Gasteiger partial charge in [-0.3, -0.25) is 4.79 Å². The second-order valence-electron chi connectivity index (χ2n) is 3.13. The minimum atomic E-state index is 0.641. The van der Waals surface area contributed by atoms with Gasteiger partial charge in [-0.1, -0.05) is 28.1 Å². The summed E-state index contributed by atoms with van der Waals surface area (Å²) in [5.41, 5.74) is 2.04. The quantitative estimate of drug-likeness (QED) is 0.706. The van der Waals surface area contributed by atoms with Gasteiger partial charge in [0.05, 0.1) is 0 Å². The molecule has 0 bridgehead atoms. The monoisotopic (exact) mass is 224 g/mol. The van der Waals surface area contributed by atoms with Gasteiger partial charge in [0.1, 0.15) is 0 Å². The van der Waals surface area contributed by atoms with E-state index in [9.17, 15) is 4.79 Å². The van der Waals surface area contributed by atoms with Crippen molar-refractivity contribution in [1.82, 2.24) is 0 Å². The van der Waals surface area contributed by atoms with Crippen molar-refractivity contribution in [2.75, 3.05) is 0 Å². The summed E-state index contributed by atoms with van der Waals surface area (Å²) in [6.45, 7) is 0. The predicted molar refractivity (Wildman–Crippen MR) is 51.5 cm³/mol. The highest BCUT2D eigenvalue weighted by Crippen LogP contribution is 2.42. The normalized spacial score (nSPS) is 16.1. The first kappa shape index (κ1) is 7.99. The van der Waals surface area contributed by atoms with Gasteiger partial charge >= 0.3 is 0 Å². The van der Waals surface area contributed by atoms with Crippen LogP contribution in [0.5, 0.6) is 0 Å². The van der Waals surface area contributed by atoms with E-state index in [-0.39, 0.29) is 0 Å². The van der Waals surface area contributed by atoms with Crippen molar-refractivity contribution in [3.63, 3.8) is 0 Å². The molecule has 0 heterocycles. The Hall–Kier alpha value is -0.630. The molecule has 1 aromatic rings. The van der Waals surface area contributed by atoms with Gasteiger partial charge < -0.3 is 0 Å². The summed E-state index contributed by atoms with van der Waals surface area (Å²) >= 11 is 3.37. The SMILES string of the molecule is O=Cc1c(Br)cccc1C1CC1. The molecular formula is C10H9BrO. The van der Waals surface area contributed by atoms with E-state index >= 15 is 0 Å². The molecule has 0 aliphatic heterocycles. The molecule has 62 valence electrons. The lowest BCUT2D eigenvalue weighted by atomic mass is 10.0. The van der Waals surface area contributed by atoms with E-state index in [1.807, 2.05) is 18.2 Å². The van der Waals surface area contributed by atoms with Crippen LogP contribution in [0, 0.1) is 0 Å². The van der Waals surface area contributed by atoms with E-state index < -0.39 is 0 Å². The summed E-state index contributed by atoms with van der Waals surface area (Å²) in [4.78, 5) is 10.8. The molecule has 2 rings (SSSR count). The second-order valence-corrected chi connectivity index (χ2v) is 3.99. The van der Waals surface area contributed by atoms with Gasteiger partial charge in [-0.05, 0) is 30.4 Å². The maximum absolute atomic E-state index is 10.8. The standard InChI is InChI=1S/C10H9BrO/c11-10-3-1-2-8(7-4-5-7)9(10)6-12/h1-3,6-7H,4-5H2. The van der Waals surface area contributed by atoms with Crippen LogP contribution in [-0.2, 0) is 0 Å². The Morgan fingerprint density at radius 1 is 1.42 bits per heavy atom. The topological polar surface area (TPSA) is 17.1 Å². The van der Waals surface area contributed by atoms with Crippen LogP contribution in [0.1, 0.15) is 34.7 Å². The summed E-state index contributed by atoms with van der Waals surface area (Å²) in [6.07, 6.45) is 3.41. The molecule has 0 radical (unpaired) electrons. The highest BCUT2D eigenvalue weighted by Gasteiger charge is 2.26. The van der Waals surface area contributed by atoms with Gasteiger partial charge in [-0.25, -0.2) is 0 Å². The maximum Gasteiger partial charge on any atom is 0.151 e. The molecular weight excluding hydrogens is 216 g/mol. The first-order valence-corrected chi connectivity index (χ1v) is 4.86. The molecule has 0 saturated heterocycles. The third kappa shape index (κ3) is 1.31. The third-order valence-electron chi connectivity index (χ3n) is 2.22. The van der Waals surface area contributed by atoms with Crippen LogP contribution in [0.25, 0.3) is 0 Å². The summed E-state index contributed by atoms with van der Waals surface area (Å²) in [7, 11) is 0. The molecule has 2 heteroatoms.